The Balaban J connectivity index is 1.72. The van der Waals surface area contributed by atoms with Crippen LogP contribution in [0.4, 0.5) is 4.79 Å². The zero-order valence-corrected chi connectivity index (χ0v) is 15.2. The third-order valence-corrected chi connectivity index (χ3v) is 4.79. The lowest BCUT2D eigenvalue weighted by Crippen LogP contribution is -2.45. The minimum Gasteiger partial charge on any atom is -0.444 e. The van der Waals surface area contributed by atoms with Crippen LogP contribution in [0.25, 0.3) is 11.4 Å². The lowest BCUT2D eigenvalue weighted by atomic mass is 9.98. The summed E-state index contributed by atoms with van der Waals surface area (Å²) in [5.74, 6) is 0. The topological polar surface area (TPSA) is 73.4 Å². The Morgan fingerprint density at radius 2 is 2.20 bits per heavy atom. The van der Waals surface area contributed by atoms with Crippen molar-refractivity contribution in [2.24, 2.45) is 0 Å². The Morgan fingerprint density at radius 3 is 2.96 bits per heavy atom. The van der Waals surface area contributed by atoms with Crippen LogP contribution in [0.5, 0.6) is 0 Å². The summed E-state index contributed by atoms with van der Waals surface area (Å²) in [6, 6.07) is 0.0540. The summed E-state index contributed by atoms with van der Waals surface area (Å²) in [6.45, 7) is 9.06. The Kier molecular flexibility index (Phi) is 3.63. The van der Waals surface area contributed by atoms with Crippen LogP contribution in [0.1, 0.15) is 50.9 Å². The highest BCUT2D eigenvalue weighted by molar-refractivity contribution is 5.71. The second kappa shape index (κ2) is 5.61. The molecule has 0 bridgehead atoms. The van der Waals surface area contributed by atoms with Crippen molar-refractivity contribution in [3.63, 3.8) is 0 Å². The van der Waals surface area contributed by atoms with E-state index in [1.165, 1.54) is 0 Å². The zero-order chi connectivity index (χ0) is 17.8. The molecule has 2 aliphatic rings. The number of fused-ring (bicyclic) bond motifs is 5. The number of nitrogens with zero attached hydrogens (tertiary/aromatic N) is 4. The molecule has 2 aliphatic heterocycles. The molecule has 4 rings (SSSR count). The number of rotatable bonds is 0. The highest BCUT2D eigenvalue weighted by Crippen LogP contribution is 2.36. The van der Waals surface area contributed by atoms with Gasteiger partial charge in [-0.1, -0.05) is 5.16 Å². The van der Waals surface area contributed by atoms with Gasteiger partial charge >= 0.3 is 6.09 Å². The molecule has 0 saturated carbocycles. The van der Waals surface area contributed by atoms with E-state index in [-0.39, 0.29) is 12.1 Å². The van der Waals surface area contributed by atoms with E-state index in [2.05, 4.69) is 5.16 Å². The van der Waals surface area contributed by atoms with Crippen molar-refractivity contribution >= 4 is 6.09 Å². The van der Waals surface area contributed by atoms with E-state index in [1.54, 1.807) is 11.2 Å². The molecule has 2 aromatic heterocycles. The van der Waals surface area contributed by atoms with Crippen molar-refractivity contribution in [2.45, 2.75) is 71.7 Å². The van der Waals surface area contributed by atoms with Gasteiger partial charge in [0.05, 0.1) is 17.9 Å². The van der Waals surface area contributed by atoms with E-state index in [0.717, 1.165) is 54.0 Å². The molecule has 0 radical (unpaired) electrons. The minimum absolute atomic E-state index is 0.0540. The van der Waals surface area contributed by atoms with Crippen molar-refractivity contribution in [3.05, 3.63) is 23.1 Å². The maximum atomic E-state index is 12.6. The van der Waals surface area contributed by atoms with Crippen molar-refractivity contribution in [3.8, 4) is 11.4 Å². The van der Waals surface area contributed by atoms with Gasteiger partial charge in [0.2, 0.25) is 0 Å². The largest absolute Gasteiger partial charge is 0.444 e. The molecule has 7 heteroatoms. The minimum atomic E-state index is -0.508. The maximum Gasteiger partial charge on any atom is 0.410 e. The van der Waals surface area contributed by atoms with Gasteiger partial charge in [0.1, 0.15) is 17.6 Å². The predicted octanol–water partition coefficient (Wildman–Crippen LogP) is 3.17. The fourth-order valence-corrected chi connectivity index (χ4v) is 3.64. The molecule has 2 aromatic rings. The molecule has 0 saturated heterocycles. The summed E-state index contributed by atoms with van der Waals surface area (Å²) in [6.07, 6.45) is 4.11. The van der Waals surface area contributed by atoms with E-state index in [0.29, 0.717) is 6.54 Å². The first-order valence-electron chi connectivity index (χ1n) is 8.85. The number of aromatic nitrogens is 3. The highest BCUT2D eigenvalue weighted by Gasteiger charge is 2.36. The molecule has 0 fully saturated rings. The van der Waals surface area contributed by atoms with Crippen LogP contribution in [-0.4, -0.2) is 37.6 Å². The molecule has 0 N–H and O–H groups in total. The molecule has 1 atom stereocenters. The van der Waals surface area contributed by atoms with E-state index in [9.17, 15) is 4.79 Å². The first kappa shape index (κ1) is 16.2. The molecule has 25 heavy (non-hydrogen) atoms. The molecule has 0 aromatic carbocycles. The average Bonchev–Trinajstić information content (AvgIpc) is 3.04. The van der Waals surface area contributed by atoms with E-state index >= 15 is 0 Å². The van der Waals surface area contributed by atoms with Crippen LogP contribution in [0.3, 0.4) is 0 Å². The number of amides is 1. The van der Waals surface area contributed by atoms with Crippen LogP contribution < -0.4 is 0 Å². The SMILES string of the molecule is C[C@@H]1Cc2nn3c(c2CN1C(=O)OC(C)(C)C)-c1nocc1CCC3. The van der Waals surface area contributed by atoms with Gasteiger partial charge in [-0.15, -0.1) is 0 Å². The average molecular weight is 344 g/mol. The van der Waals surface area contributed by atoms with E-state index in [1.807, 2.05) is 32.4 Å². The Morgan fingerprint density at radius 1 is 1.40 bits per heavy atom. The first-order valence-corrected chi connectivity index (χ1v) is 8.85. The molecular formula is C18H24N4O3. The lowest BCUT2D eigenvalue weighted by molar-refractivity contribution is 0.0138. The van der Waals surface area contributed by atoms with Gasteiger partial charge < -0.3 is 14.2 Å². The number of hydrogen-bond donors (Lipinski definition) is 0. The number of aryl methyl sites for hydroxylation is 2. The van der Waals surface area contributed by atoms with Crippen LogP contribution in [0.15, 0.2) is 10.8 Å². The smallest absolute Gasteiger partial charge is 0.410 e. The molecule has 1 amide bonds. The highest BCUT2D eigenvalue weighted by atomic mass is 16.6. The van der Waals surface area contributed by atoms with Crippen molar-refractivity contribution in [1.29, 1.82) is 0 Å². The second-order valence-electron chi connectivity index (χ2n) is 7.95. The summed E-state index contributed by atoms with van der Waals surface area (Å²) < 4.78 is 12.8. The van der Waals surface area contributed by atoms with Crippen LogP contribution in [0.2, 0.25) is 0 Å². The number of carbonyl (C=O) groups is 1. The standard InChI is InChI=1S/C18H24N4O3/c1-11-8-14-13(9-21(11)17(23)25-18(2,3)4)16-15-12(10-24-20-15)6-5-7-22(16)19-14/h10-11H,5-9H2,1-4H3/t11-/m1/s1. The fourth-order valence-electron chi connectivity index (χ4n) is 3.64. The normalized spacial score (nSPS) is 19.7. The maximum absolute atomic E-state index is 12.6. The molecular weight excluding hydrogens is 320 g/mol. The quantitative estimate of drug-likeness (QED) is 0.734. The van der Waals surface area contributed by atoms with Crippen molar-refractivity contribution < 1.29 is 14.1 Å². The second-order valence-corrected chi connectivity index (χ2v) is 7.95. The molecule has 0 unspecified atom stereocenters. The van der Waals surface area contributed by atoms with E-state index < -0.39 is 5.60 Å². The van der Waals surface area contributed by atoms with Crippen LogP contribution in [0, 0.1) is 0 Å². The Labute approximate surface area is 146 Å². The van der Waals surface area contributed by atoms with Gasteiger partial charge in [0, 0.05) is 30.1 Å². The van der Waals surface area contributed by atoms with Gasteiger partial charge in [-0.25, -0.2) is 4.79 Å². The van der Waals surface area contributed by atoms with Gasteiger partial charge in [0.15, 0.2) is 0 Å². The van der Waals surface area contributed by atoms with Crippen molar-refractivity contribution in [2.75, 3.05) is 0 Å². The summed E-state index contributed by atoms with van der Waals surface area (Å²) in [5.41, 5.74) is 4.59. The van der Waals surface area contributed by atoms with Gasteiger partial charge in [0.25, 0.3) is 0 Å². The summed E-state index contributed by atoms with van der Waals surface area (Å²) >= 11 is 0. The van der Waals surface area contributed by atoms with Gasteiger partial charge in [-0.05, 0) is 40.5 Å². The van der Waals surface area contributed by atoms with Crippen molar-refractivity contribution in [1.82, 2.24) is 19.8 Å². The van der Waals surface area contributed by atoms with E-state index in [4.69, 9.17) is 14.4 Å². The molecule has 134 valence electrons. The fraction of sp³-hybridized carbons (Fsp3) is 0.611. The third kappa shape index (κ3) is 2.81. The summed E-state index contributed by atoms with van der Waals surface area (Å²) in [5, 5.41) is 9.02. The molecule has 0 spiro atoms. The number of carbonyl (C=O) groups excluding carboxylic acids is 1. The summed E-state index contributed by atoms with van der Waals surface area (Å²) in [7, 11) is 0. The Hall–Kier alpha value is -2.31. The molecule has 4 heterocycles. The zero-order valence-electron chi connectivity index (χ0n) is 15.2. The number of hydrogen-bond acceptors (Lipinski definition) is 5. The predicted molar refractivity (Wildman–Crippen MR) is 91.0 cm³/mol. The third-order valence-electron chi connectivity index (χ3n) is 4.79. The van der Waals surface area contributed by atoms with Crippen LogP contribution in [-0.2, 0) is 30.7 Å². The molecule has 0 aliphatic carbocycles. The number of ether oxygens (including phenoxy) is 1. The molecule has 7 nitrogen and oxygen atoms in total. The monoisotopic (exact) mass is 344 g/mol. The Bertz CT molecular complexity index is 815. The van der Waals surface area contributed by atoms with Gasteiger partial charge in [-0.2, -0.15) is 5.10 Å². The summed E-state index contributed by atoms with van der Waals surface area (Å²) in [4.78, 5) is 14.4. The lowest BCUT2D eigenvalue weighted by Gasteiger charge is -2.34. The van der Waals surface area contributed by atoms with Crippen LogP contribution >= 0.6 is 0 Å². The van der Waals surface area contributed by atoms with Gasteiger partial charge in [-0.3, -0.25) is 4.68 Å². The first-order chi connectivity index (χ1) is 11.8.